The monoisotopic (exact) mass is 298 g/mol. The Balaban J connectivity index is 4.38. The van der Waals surface area contributed by atoms with Crippen LogP contribution in [0.25, 0.3) is 0 Å². The number of halogens is 2. The lowest BCUT2D eigenvalue weighted by Gasteiger charge is -2.19. The predicted octanol–water partition coefficient (Wildman–Crippen LogP) is 2.33. The minimum Gasteiger partial charge on any atom is -0.299 e. The molecule has 0 atom stereocenters. The zero-order valence-electron chi connectivity index (χ0n) is 7.19. The molecular weight excluding hydrogens is 288 g/mol. The van der Waals surface area contributed by atoms with E-state index >= 15 is 0 Å². The Morgan fingerprint density at radius 2 is 1.67 bits per heavy atom. The van der Waals surface area contributed by atoms with Crippen LogP contribution in [-0.4, -0.2) is 22.2 Å². The fraction of sp³-hybridized carbons (Fsp3) is 0.750. The molecular formula is C8H12Br2O2. The van der Waals surface area contributed by atoms with Gasteiger partial charge in [-0.1, -0.05) is 31.9 Å². The summed E-state index contributed by atoms with van der Waals surface area (Å²) in [7, 11) is 0. The number of rotatable bonds is 5. The molecule has 0 unspecified atom stereocenters. The summed E-state index contributed by atoms with van der Waals surface area (Å²) in [5, 5.41) is 0.860. The molecule has 2 nitrogen and oxygen atoms in total. The lowest BCUT2D eigenvalue weighted by atomic mass is 9.83. The number of ketones is 2. The fourth-order valence-electron chi connectivity index (χ4n) is 0.721. The number of carbonyl (C=O) groups is 2. The summed E-state index contributed by atoms with van der Waals surface area (Å²) in [5.74, 6) is -0.0720. The maximum absolute atomic E-state index is 11.4. The van der Waals surface area contributed by atoms with Crippen LogP contribution in [0.2, 0.25) is 0 Å². The molecule has 0 fully saturated rings. The molecule has 0 aliphatic heterocycles. The minimum absolute atomic E-state index is 0.0103. The SMILES string of the molecule is CC(C)(C(=O)CBr)C(=O)CCBr. The molecule has 0 saturated heterocycles. The van der Waals surface area contributed by atoms with E-state index in [1.54, 1.807) is 13.8 Å². The molecule has 0 radical (unpaired) electrons. The third kappa shape index (κ3) is 2.98. The van der Waals surface area contributed by atoms with Crippen molar-refractivity contribution in [3.8, 4) is 0 Å². The van der Waals surface area contributed by atoms with Crippen LogP contribution in [0.4, 0.5) is 0 Å². The van der Waals surface area contributed by atoms with Gasteiger partial charge >= 0.3 is 0 Å². The number of alkyl halides is 2. The highest BCUT2D eigenvalue weighted by Crippen LogP contribution is 2.21. The summed E-state index contributed by atoms with van der Waals surface area (Å²) in [5.41, 5.74) is -0.836. The van der Waals surface area contributed by atoms with E-state index in [4.69, 9.17) is 0 Å². The summed E-state index contributed by atoms with van der Waals surface area (Å²) in [4.78, 5) is 22.7. The third-order valence-electron chi connectivity index (χ3n) is 1.84. The molecule has 0 aromatic heterocycles. The Morgan fingerprint density at radius 1 is 1.17 bits per heavy atom. The quantitative estimate of drug-likeness (QED) is 0.577. The van der Waals surface area contributed by atoms with Gasteiger partial charge in [0.25, 0.3) is 0 Å². The van der Waals surface area contributed by atoms with Gasteiger partial charge in [-0.3, -0.25) is 9.59 Å². The van der Waals surface area contributed by atoms with Crippen molar-refractivity contribution in [2.75, 3.05) is 10.7 Å². The van der Waals surface area contributed by atoms with Gasteiger partial charge in [-0.2, -0.15) is 0 Å². The second kappa shape index (κ2) is 5.12. The normalized spacial score (nSPS) is 11.3. The molecule has 4 heteroatoms. The van der Waals surface area contributed by atoms with Crippen LogP contribution in [0.15, 0.2) is 0 Å². The Bertz CT molecular complexity index is 187. The molecule has 0 N–H and O–H groups in total. The van der Waals surface area contributed by atoms with Gasteiger partial charge in [-0.05, 0) is 13.8 Å². The third-order valence-corrected chi connectivity index (χ3v) is 2.74. The summed E-state index contributed by atoms with van der Waals surface area (Å²) in [6.45, 7) is 3.34. The van der Waals surface area contributed by atoms with E-state index < -0.39 is 5.41 Å². The molecule has 0 bridgehead atoms. The predicted molar refractivity (Wildman–Crippen MR) is 56.0 cm³/mol. The Hall–Kier alpha value is 0.300. The summed E-state index contributed by atoms with van der Waals surface area (Å²) >= 11 is 6.23. The summed E-state index contributed by atoms with van der Waals surface area (Å²) in [6.07, 6.45) is 0.408. The van der Waals surface area contributed by atoms with Gasteiger partial charge in [-0.15, -0.1) is 0 Å². The van der Waals surface area contributed by atoms with Gasteiger partial charge in [0.15, 0.2) is 5.78 Å². The highest BCUT2D eigenvalue weighted by atomic mass is 79.9. The first kappa shape index (κ1) is 12.3. The molecule has 0 spiro atoms. The second-order valence-corrected chi connectivity index (χ2v) is 4.40. The van der Waals surface area contributed by atoms with Crippen molar-refractivity contribution >= 4 is 43.4 Å². The van der Waals surface area contributed by atoms with Gasteiger partial charge in [0.2, 0.25) is 0 Å². The molecule has 0 aromatic rings. The van der Waals surface area contributed by atoms with Crippen molar-refractivity contribution in [1.82, 2.24) is 0 Å². The van der Waals surface area contributed by atoms with Crippen LogP contribution in [0, 0.1) is 5.41 Å². The zero-order chi connectivity index (χ0) is 9.78. The fourth-order valence-corrected chi connectivity index (χ4v) is 1.78. The van der Waals surface area contributed by atoms with Crippen LogP contribution in [0.1, 0.15) is 20.3 Å². The van der Waals surface area contributed by atoms with Gasteiger partial charge in [-0.25, -0.2) is 0 Å². The van der Waals surface area contributed by atoms with Gasteiger partial charge in [0.1, 0.15) is 5.78 Å². The number of carbonyl (C=O) groups excluding carboxylic acids is 2. The smallest absolute Gasteiger partial charge is 0.156 e. The van der Waals surface area contributed by atoms with Gasteiger partial charge in [0.05, 0.1) is 10.7 Å². The molecule has 0 aromatic carbocycles. The first-order valence-corrected chi connectivity index (χ1v) is 5.89. The van der Waals surface area contributed by atoms with Crippen LogP contribution >= 0.6 is 31.9 Å². The Kier molecular flexibility index (Phi) is 5.25. The highest BCUT2D eigenvalue weighted by molar-refractivity contribution is 9.09. The van der Waals surface area contributed by atoms with E-state index in [0.29, 0.717) is 11.8 Å². The highest BCUT2D eigenvalue weighted by Gasteiger charge is 2.33. The number of Topliss-reactive ketones (excluding diaryl/α,β-unsaturated/α-hetero) is 2. The van der Waals surface area contributed by atoms with E-state index in [0.717, 1.165) is 0 Å². The van der Waals surface area contributed by atoms with Crippen molar-refractivity contribution in [2.45, 2.75) is 20.3 Å². The number of hydrogen-bond acceptors (Lipinski definition) is 2. The topological polar surface area (TPSA) is 34.1 Å². The molecule has 0 aliphatic rings. The molecule has 70 valence electrons. The van der Waals surface area contributed by atoms with Gasteiger partial charge in [0, 0.05) is 11.8 Å². The average molecular weight is 300 g/mol. The minimum atomic E-state index is -0.836. The van der Waals surface area contributed by atoms with Crippen LogP contribution in [0.3, 0.4) is 0 Å². The van der Waals surface area contributed by atoms with E-state index in [1.807, 2.05) is 0 Å². The molecule has 0 saturated carbocycles. The van der Waals surface area contributed by atoms with E-state index in [1.165, 1.54) is 0 Å². The van der Waals surface area contributed by atoms with Crippen molar-refractivity contribution in [3.05, 3.63) is 0 Å². The molecule has 0 aliphatic carbocycles. The average Bonchev–Trinajstić information content (AvgIpc) is 2.03. The largest absolute Gasteiger partial charge is 0.299 e. The molecule has 0 rings (SSSR count). The Morgan fingerprint density at radius 3 is 2.00 bits per heavy atom. The lowest BCUT2D eigenvalue weighted by molar-refractivity contribution is -0.136. The number of hydrogen-bond donors (Lipinski definition) is 0. The first-order chi connectivity index (χ1) is 5.46. The molecule has 12 heavy (non-hydrogen) atoms. The first-order valence-electron chi connectivity index (χ1n) is 3.65. The summed E-state index contributed by atoms with van der Waals surface area (Å²) in [6, 6.07) is 0. The van der Waals surface area contributed by atoms with Crippen LogP contribution < -0.4 is 0 Å². The van der Waals surface area contributed by atoms with Crippen molar-refractivity contribution in [2.24, 2.45) is 5.41 Å². The molecule has 0 heterocycles. The molecule has 0 amide bonds. The van der Waals surface area contributed by atoms with Crippen LogP contribution in [0.5, 0.6) is 0 Å². The van der Waals surface area contributed by atoms with E-state index in [2.05, 4.69) is 31.9 Å². The maximum atomic E-state index is 11.4. The second-order valence-electron chi connectivity index (χ2n) is 3.04. The van der Waals surface area contributed by atoms with E-state index in [-0.39, 0.29) is 16.9 Å². The van der Waals surface area contributed by atoms with Gasteiger partial charge < -0.3 is 0 Å². The van der Waals surface area contributed by atoms with Crippen molar-refractivity contribution in [3.63, 3.8) is 0 Å². The zero-order valence-corrected chi connectivity index (χ0v) is 10.4. The van der Waals surface area contributed by atoms with Crippen molar-refractivity contribution < 1.29 is 9.59 Å². The summed E-state index contributed by atoms with van der Waals surface area (Å²) < 4.78 is 0. The lowest BCUT2D eigenvalue weighted by Crippen LogP contribution is -2.34. The maximum Gasteiger partial charge on any atom is 0.156 e. The Labute approximate surface area is 89.4 Å². The van der Waals surface area contributed by atoms with Crippen molar-refractivity contribution in [1.29, 1.82) is 0 Å². The standard InChI is InChI=1S/C8H12Br2O2/c1-8(2,7(12)5-10)6(11)3-4-9/h3-5H2,1-2H3. The van der Waals surface area contributed by atoms with Crippen LogP contribution in [-0.2, 0) is 9.59 Å². The van der Waals surface area contributed by atoms with E-state index in [9.17, 15) is 9.59 Å².